The van der Waals surface area contributed by atoms with E-state index in [0.717, 1.165) is 11.3 Å². The largest absolute Gasteiger partial charge is 0.461 e. The van der Waals surface area contributed by atoms with Gasteiger partial charge in [-0.05, 0) is 35.2 Å². The van der Waals surface area contributed by atoms with Crippen LogP contribution in [0, 0.1) is 17.3 Å². The Morgan fingerprint density at radius 3 is 2.58 bits per heavy atom. The van der Waals surface area contributed by atoms with Gasteiger partial charge in [-0.1, -0.05) is 49.3 Å². The zero-order valence-electron chi connectivity index (χ0n) is 15.2. The standard InChI is InChI=1S/C21H23NO4/c1-21(2)18(13-22-24-3)19(21)20(23)25-14-15-8-7-11-17(12-15)26-16-9-5-4-6-10-16/h4-13,18-19H,14H2,1-3H3. The normalized spacial score (nSPS) is 20.6. The molecule has 136 valence electrons. The summed E-state index contributed by atoms with van der Waals surface area (Å²) in [6.45, 7) is 4.27. The van der Waals surface area contributed by atoms with E-state index in [1.54, 1.807) is 6.21 Å². The number of ether oxygens (including phenoxy) is 2. The molecule has 0 bridgehead atoms. The van der Waals surface area contributed by atoms with E-state index in [-0.39, 0.29) is 29.8 Å². The summed E-state index contributed by atoms with van der Waals surface area (Å²) in [5, 5.41) is 3.78. The third kappa shape index (κ3) is 4.04. The number of benzene rings is 2. The second-order valence-corrected chi connectivity index (χ2v) is 6.93. The number of nitrogens with zero attached hydrogens (tertiary/aromatic N) is 1. The lowest BCUT2D eigenvalue weighted by Crippen LogP contribution is -2.10. The van der Waals surface area contributed by atoms with Gasteiger partial charge in [0, 0.05) is 12.1 Å². The van der Waals surface area contributed by atoms with E-state index in [1.165, 1.54) is 7.11 Å². The molecule has 26 heavy (non-hydrogen) atoms. The fraction of sp³-hybridized carbons (Fsp3) is 0.333. The van der Waals surface area contributed by atoms with Gasteiger partial charge in [0.2, 0.25) is 0 Å². The minimum absolute atomic E-state index is 0.0442. The summed E-state index contributed by atoms with van der Waals surface area (Å²) in [5.74, 6) is 1.12. The van der Waals surface area contributed by atoms with Crippen LogP contribution >= 0.6 is 0 Å². The highest BCUT2D eigenvalue weighted by Crippen LogP contribution is 2.57. The van der Waals surface area contributed by atoms with Crippen LogP contribution in [0.25, 0.3) is 0 Å². The Labute approximate surface area is 153 Å². The lowest BCUT2D eigenvalue weighted by molar-refractivity contribution is -0.147. The van der Waals surface area contributed by atoms with Gasteiger partial charge in [0.05, 0.1) is 5.92 Å². The summed E-state index contributed by atoms with van der Waals surface area (Å²) in [5.41, 5.74) is 0.726. The third-order valence-corrected chi connectivity index (χ3v) is 4.75. The topological polar surface area (TPSA) is 57.1 Å². The number of esters is 1. The number of oxime groups is 1. The van der Waals surface area contributed by atoms with Crippen molar-refractivity contribution in [1.29, 1.82) is 0 Å². The SMILES string of the molecule is CON=CC1C(C(=O)OCc2cccc(Oc3ccccc3)c2)C1(C)C. The van der Waals surface area contributed by atoms with Crippen LogP contribution in [0.3, 0.4) is 0 Å². The summed E-state index contributed by atoms with van der Waals surface area (Å²) in [6, 6.07) is 17.1. The molecular formula is C21H23NO4. The molecule has 5 heteroatoms. The van der Waals surface area contributed by atoms with Crippen molar-refractivity contribution in [2.75, 3.05) is 7.11 Å². The third-order valence-electron chi connectivity index (χ3n) is 4.75. The predicted molar refractivity (Wildman–Crippen MR) is 99.0 cm³/mol. The van der Waals surface area contributed by atoms with Crippen LogP contribution in [0.2, 0.25) is 0 Å². The minimum Gasteiger partial charge on any atom is -0.461 e. The van der Waals surface area contributed by atoms with Crippen molar-refractivity contribution < 1.29 is 19.1 Å². The van der Waals surface area contributed by atoms with Crippen molar-refractivity contribution in [3.63, 3.8) is 0 Å². The molecule has 1 saturated carbocycles. The molecule has 1 aliphatic rings. The van der Waals surface area contributed by atoms with Gasteiger partial charge in [-0.25, -0.2) is 0 Å². The fourth-order valence-electron chi connectivity index (χ4n) is 3.10. The summed E-state index contributed by atoms with van der Waals surface area (Å²) < 4.78 is 11.3. The highest BCUT2D eigenvalue weighted by Gasteiger charge is 2.62. The molecule has 2 aromatic carbocycles. The fourth-order valence-corrected chi connectivity index (χ4v) is 3.10. The van der Waals surface area contributed by atoms with E-state index >= 15 is 0 Å². The van der Waals surface area contributed by atoms with Gasteiger partial charge < -0.3 is 14.3 Å². The van der Waals surface area contributed by atoms with Crippen molar-refractivity contribution in [3.8, 4) is 11.5 Å². The van der Waals surface area contributed by atoms with Crippen molar-refractivity contribution >= 4 is 12.2 Å². The number of carbonyl (C=O) groups is 1. The van der Waals surface area contributed by atoms with Crippen molar-refractivity contribution in [3.05, 3.63) is 60.2 Å². The molecule has 2 atom stereocenters. The molecular weight excluding hydrogens is 330 g/mol. The first-order valence-electron chi connectivity index (χ1n) is 8.57. The summed E-state index contributed by atoms with van der Waals surface area (Å²) >= 11 is 0. The molecule has 2 aromatic rings. The molecule has 0 aromatic heterocycles. The lowest BCUT2D eigenvalue weighted by atomic mass is 10.1. The zero-order valence-corrected chi connectivity index (χ0v) is 15.2. The van der Waals surface area contributed by atoms with E-state index in [4.69, 9.17) is 14.3 Å². The number of rotatable bonds is 7. The van der Waals surface area contributed by atoms with Gasteiger partial charge in [0.15, 0.2) is 0 Å². The predicted octanol–water partition coefficient (Wildman–Crippen LogP) is 4.43. The maximum Gasteiger partial charge on any atom is 0.310 e. The highest BCUT2D eigenvalue weighted by molar-refractivity contribution is 5.85. The Kier molecular flexibility index (Phi) is 5.26. The van der Waals surface area contributed by atoms with Gasteiger partial charge >= 0.3 is 5.97 Å². The van der Waals surface area contributed by atoms with E-state index in [1.807, 2.05) is 68.4 Å². The molecule has 0 heterocycles. The molecule has 0 N–H and O–H groups in total. The van der Waals surface area contributed by atoms with E-state index in [2.05, 4.69) is 5.16 Å². The molecule has 5 nitrogen and oxygen atoms in total. The van der Waals surface area contributed by atoms with Crippen LogP contribution in [0.4, 0.5) is 0 Å². The second kappa shape index (κ2) is 7.60. The molecule has 3 rings (SSSR count). The molecule has 0 aliphatic heterocycles. The molecule has 2 unspecified atom stereocenters. The summed E-state index contributed by atoms with van der Waals surface area (Å²) in [4.78, 5) is 17.1. The maximum absolute atomic E-state index is 12.4. The lowest BCUT2D eigenvalue weighted by Gasteiger charge is -2.09. The van der Waals surface area contributed by atoms with Gasteiger partial charge in [-0.3, -0.25) is 4.79 Å². The first-order chi connectivity index (χ1) is 12.5. The average Bonchev–Trinajstić information content (AvgIpc) is 3.19. The Bertz CT molecular complexity index is 786. The monoisotopic (exact) mass is 353 g/mol. The molecule has 0 spiro atoms. The van der Waals surface area contributed by atoms with E-state index in [0.29, 0.717) is 5.75 Å². The Morgan fingerprint density at radius 2 is 1.85 bits per heavy atom. The van der Waals surface area contributed by atoms with Crippen LogP contribution in [0.5, 0.6) is 11.5 Å². The van der Waals surface area contributed by atoms with Gasteiger partial charge in [-0.15, -0.1) is 0 Å². The number of carbonyl (C=O) groups excluding carboxylic acids is 1. The quantitative estimate of drug-likeness (QED) is 0.420. The summed E-state index contributed by atoms with van der Waals surface area (Å²) in [6.07, 6.45) is 1.68. The van der Waals surface area contributed by atoms with Crippen LogP contribution in [-0.2, 0) is 21.0 Å². The Balaban J connectivity index is 1.57. The highest BCUT2D eigenvalue weighted by atomic mass is 16.6. The van der Waals surface area contributed by atoms with Crippen molar-refractivity contribution in [2.24, 2.45) is 22.4 Å². The van der Waals surface area contributed by atoms with Crippen LogP contribution in [0.15, 0.2) is 59.8 Å². The number of hydrogen-bond acceptors (Lipinski definition) is 5. The van der Waals surface area contributed by atoms with Crippen molar-refractivity contribution in [2.45, 2.75) is 20.5 Å². The van der Waals surface area contributed by atoms with Crippen LogP contribution in [0.1, 0.15) is 19.4 Å². The smallest absolute Gasteiger partial charge is 0.310 e. The number of hydrogen-bond donors (Lipinski definition) is 0. The summed E-state index contributed by atoms with van der Waals surface area (Å²) in [7, 11) is 1.49. The van der Waals surface area contributed by atoms with Crippen LogP contribution < -0.4 is 4.74 Å². The number of para-hydroxylation sites is 1. The Morgan fingerprint density at radius 1 is 1.12 bits per heavy atom. The van der Waals surface area contributed by atoms with Crippen LogP contribution in [-0.4, -0.2) is 19.3 Å². The molecule has 0 radical (unpaired) electrons. The molecule has 1 aliphatic carbocycles. The molecule has 1 fully saturated rings. The van der Waals surface area contributed by atoms with Crippen molar-refractivity contribution in [1.82, 2.24) is 0 Å². The zero-order chi connectivity index (χ0) is 18.6. The molecule has 0 saturated heterocycles. The second-order valence-electron chi connectivity index (χ2n) is 6.93. The van der Waals surface area contributed by atoms with Gasteiger partial charge in [0.25, 0.3) is 0 Å². The van der Waals surface area contributed by atoms with E-state index < -0.39 is 0 Å². The maximum atomic E-state index is 12.4. The van der Waals surface area contributed by atoms with Gasteiger partial charge in [0.1, 0.15) is 25.2 Å². The average molecular weight is 353 g/mol. The van der Waals surface area contributed by atoms with E-state index in [9.17, 15) is 4.79 Å². The first-order valence-corrected chi connectivity index (χ1v) is 8.57. The Hall–Kier alpha value is -2.82. The first kappa shape index (κ1) is 18.0. The molecule has 0 amide bonds. The minimum atomic E-state index is -0.211. The van der Waals surface area contributed by atoms with Gasteiger partial charge in [-0.2, -0.15) is 0 Å².